The van der Waals surface area contributed by atoms with Crippen LogP contribution in [0, 0.1) is 11.7 Å². The first kappa shape index (κ1) is 23.5. The summed E-state index contributed by atoms with van der Waals surface area (Å²) in [6, 6.07) is 14.6. The number of rotatable bonds is 7. The Kier molecular flexibility index (Phi) is 6.86. The van der Waals surface area contributed by atoms with Crippen molar-refractivity contribution in [1.29, 1.82) is 0 Å². The number of amides is 1. The van der Waals surface area contributed by atoms with Crippen LogP contribution in [0.3, 0.4) is 0 Å². The fourth-order valence-corrected chi connectivity index (χ4v) is 5.44. The van der Waals surface area contributed by atoms with Gasteiger partial charge in [-0.1, -0.05) is 37.1 Å². The smallest absolute Gasteiger partial charge is 0.225 e. The first-order chi connectivity index (χ1) is 17.0. The molecule has 1 amide bonds. The molecule has 0 bridgehead atoms. The van der Waals surface area contributed by atoms with E-state index in [1.54, 1.807) is 7.11 Å². The summed E-state index contributed by atoms with van der Waals surface area (Å²) < 4.78 is 21.0. The van der Waals surface area contributed by atoms with E-state index in [1.165, 1.54) is 23.4 Å². The third kappa shape index (κ3) is 4.96. The van der Waals surface area contributed by atoms with Gasteiger partial charge < -0.3 is 9.64 Å². The standard InChI is InChI=1S/C28H33FN4O2/c1-31(28(34)21-7-3-4-8-21)19-24-23-18-32(17-20-11-13-22(29)14-12-20)16-15-25(23)33(30-24)26-9-5-6-10-27(26)35-2/h5-6,9-14,21H,3-4,7-8,15-19H2,1-2H3. The molecule has 2 aromatic carbocycles. The molecule has 0 unspecified atom stereocenters. The molecule has 1 fully saturated rings. The molecule has 0 spiro atoms. The monoisotopic (exact) mass is 476 g/mol. The second-order valence-corrected chi connectivity index (χ2v) is 9.72. The Bertz CT molecular complexity index is 1180. The van der Waals surface area contributed by atoms with Crippen LogP contribution in [-0.4, -0.2) is 46.2 Å². The predicted molar refractivity (Wildman–Crippen MR) is 133 cm³/mol. The summed E-state index contributed by atoms with van der Waals surface area (Å²) >= 11 is 0. The van der Waals surface area contributed by atoms with Crippen LogP contribution in [0.15, 0.2) is 48.5 Å². The minimum Gasteiger partial charge on any atom is -0.494 e. The zero-order valence-corrected chi connectivity index (χ0v) is 20.5. The Morgan fingerprint density at radius 3 is 2.63 bits per heavy atom. The van der Waals surface area contributed by atoms with Crippen molar-refractivity contribution in [3.05, 3.63) is 76.9 Å². The van der Waals surface area contributed by atoms with E-state index in [1.807, 2.05) is 53.0 Å². The Morgan fingerprint density at radius 2 is 1.89 bits per heavy atom. The van der Waals surface area contributed by atoms with Gasteiger partial charge in [-0.15, -0.1) is 0 Å². The largest absolute Gasteiger partial charge is 0.494 e. The summed E-state index contributed by atoms with van der Waals surface area (Å²) in [7, 11) is 3.57. The molecule has 1 aliphatic carbocycles. The lowest BCUT2D eigenvalue weighted by Gasteiger charge is -2.28. The topological polar surface area (TPSA) is 50.6 Å². The Labute approximate surface area is 206 Å². The average Bonchev–Trinajstić information content (AvgIpc) is 3.54. The van der Waals surface area contributed by atoms with Crippen molar-refractivity contribution < 1.29 is 13.9 Å². The average molecular weight is 477 g/mol. The Hall–Kier alpha value is -3.19. The highest BCUT2D eigenvalue weighted by Crippen LogP contribution is 2.32. The van der Waals surface area contributed by atoms with Crippen molar-refractivity contribution in [1.82, 2.24) is 19.6 Å². The zero-order valence-electron chi connectivity index (χ0n) is 20.5. The third-order valence-electron chi connectivity index (χ3n) is 7.32. The quantitative estimate of drug-likeness (QED) is 0.495. The van der Waals surface area contributed by atoms with Gasteiger partial charge in [-0.2, -0.15) is 5.10 Å². The van der Waals surface area contributed by atoms with Crippen LogP contribution < -0.4 is 4.74 Å². The van der Waals surface area contributed by atoms with Crippen molar-refractivity contribution >= 4 is 5.91 Å². The van der Waals surface area contributed by atoms with Crippen LogP contribution in [0.1, 0.15) is 48.2 Å². The lowest BCUT2D eigenvalue weighted by atomic mass is 10.0. The highest BCUT2D eigenvalue weighted by atomic mass is 19.1. The molecule has 2 aliphatic rings. The number of benzene rings is 2. The summed E-state index contributed by atoms with van der Waals surface area (Å²) in [6.07, 6.45) is 5.09. The number of aromatic nitrogens is 2. The third-order valence-corrected chi connectivity index (χ3v) is 7.32. The normalized spacial score (nSPS) is 16.3. The van der Waals surface area contributed by atoms with E-state index in [0.717, 1.165) is 74.4 Å². The number of carbonyl (C=O) groups excluding carboxylic acids is 1. The predicted octanol–water partition coefficient (Wildman–Crippen LogP) is 4.73. The number of ether oxygens (including phenoxy) is 1. The summed E-state index contributed by atoms with van der Waals surface area (Å²) in [5.41, 5.74) is 5.27. The molecule has 3 aromatic rings. The van der Waals surface area contributed by atoms with Crippen molar-refractivity contribution in [3.8, 4) is 11.4 Å². The molecule has 35 heavy (non-hydrogen) atoms. The number of hydrogen-bond acceptors (Lipinski definition) is 4. The fourth-order valence-electron chi connectivity index (χ4n) is 5.44. The van der Waals surface area contributed by atoms with Gasteiger partial charge in [-0.3, -0.25) is 9.69 Å². The van der Waals surface area contributed by atoms with Crippen LogP contribution in [-0.2, 0) is 30.8 Å². The van der Waals surface area contributed by atoms with Gasteiger partial charge in [0.15, 0.2) is 0 Å². The summed E-state index contributed by atoms with van der Waals surface area (Å²) in [5.74, 6) is 0.919. The fraction of sp³-hybridized carbons (Fsp3) is 0.429. The lowest BCUT2D eigenvalue weighted by molar-refractivity contribution is -0.134. The van der Waals surface area contributed by atoms with E-state index in [4.69, 9.17) is 9.84 Å². The maximum atomic E-state index is 13.4. The van der Waals surface area contributed by atoms with Gasteiger partial charge in [0.25, 0.3) is 0 Å². The van der Waals surface area contributed by atoms with E-state index < -0.39 is 0 Å². The van der Waals surface area contributed by atoms with Crippen LogP contribution >= 0.6 is 0 Å². The minimum absolute atomic E-state index is 0.141. The van der Waals surface area contributed by atoms with Gasteiger partial charge in [-0.25, -0.2) is 9.07 Å². The summed E-state index contributed by atoms with van der Waals surface area (Å²) in [4.78, 5) is 17.3. The van der Waals surface area contributed by atoms with Gasteiger partial charge in [0.2, 0.25) is 5.91 Å². The van der Waals surface area contributed by atoms with E-state index in [9.17, 15) is 9.18 Å². The van der Waals surface area contributed by atoms with Gasteiger partial charge in [0, 0.05) is 44.6 Å². The molecule has 0 atom stereocenters. The van der Waals surface area contributed by atoms with Crippen LogP contribution in [0.25, 0.3) is 5.69 Å². The van der Waals surface area contributed by atoms with Crippen LogP contribution in [0.2, 0.25) is 0 Å². The second-order valence-electron chi connectivity index (χ2n) is 9.72. The number of para-hydroxylation sites is 2. The molecule has 6 nitrogen and oxygen atoms in total. The van der Waals surface area contributed by atoms with E-state index >= 15 is 0 Å². The number of fused-ring (bicyclic) bond motifs is 1. The van der Waals surface area contributed by atoms with Crippen molar-refractivity contribution in [2.24, 2.45) is 5.92 Å². The number of halogens is 1. The minimum atomic E-state index is -0.218. The molecule has 2 heterocycles. The van der Waals surface area contributed by atoms with E-state index in [2.05, 4.69) is 4.90 Å². The molecule has 0 N–H and O–H groups in total. The maximum Gasteiger partial charge on any atom is 0.225 e. The van der Waals surface area contributed by atoms with Gasteiger partial charge >= 0.3 is 0 Å². The first-order valence-electron chi connectivity index (χ1n) is 12.5. The molecule has 7 heteroatoms. The van der Waals surface area contributed by atoms with Crippen molar-refractivity contribution in [2.45, 2.75) is 51.7 Å². The number of hydrogen-bond donors (Lipinski definition) is 0. The van der Waals surface area contributed by atoms with Gasteiger partial charge in [0.1, 0.15) is 17.3 Å². The van der Waals surface area contributed by atoms with Crippen LogP contribution in [0.4, 0.5) is 4.39 Å². The molecular formula is C28H33FN4O2. The lowest BCUT2D eigenvalue weighted by Crippen LogP contribution is -2.33. The van der Waals surface area contributed by atoms with Crippen molar-refractivity contribution in [2.75, 3.05) is 20.7 Å². The Morgan fingerprint density at radius 1 is 1.14 bits per heavy atom. The molecular weight excluding hydrogens is 443 g/mol. The SMILES string of the molecule is COc1ccccc1-n1nc(CN(C)C(=O)C2CCCC2)c2c1CCN(Cc1ccc(F)cc1)C2. The van der Waals surface area contributed by atoms with E-state index in [0.29, 0.717) is 6.54 Å². The van der Waals surface area contributed by atoms with Gasteiger partial charge in [-0.05, 0) is 42.7 Å². The molecule has 1 aromatic heterocycles. The maximum absolute atomic E-state index is 13.4. The molecule has 0 saturated heterocycles. The van der Waals surface area contributed by atoms with E-state index in [-0.39, 0.29) is 17.6 Å². The van der Waals surface area contributed by atoms with Gasteiger partial charge in [0.05, 0.1) is 25.0 Å². The highest BCUT2D eigenvalue weighted by Gasteiger charge is 2.30. The zero-order chi connectivity index (χ0) is 24.4. The summed E-state index contributed by atoms with van der Waals surface area (Å²) in [6.45, 7) is 2.85. The molecule has 1 aliphatic heterocycles. The molecule has 184 valence electrons. The number of carbonyl (C=O) groups is 1. The molecule has 5 rings (SSSR count). The number of nitrogens with zero attached hydrogens (tertiary/aromatic N) is 4. The van der Waals surface area contributed by atoms with Crippen molar-refractivity contribution in [3.63, 3.8) is 0 Å². The first-order valence-corrected chi connectivity index (χ1v) is 12.5. The van der Waals surface area contributed by atoms with Crippen LogP contribution in [0.5, 0.6) is 5.75 Å². The number of methoxy groups -OCH3 is 1. The second kappa shape index (κ2) is 10.2. The highest BCUT2D eigenvalue weighted by molar-refractivity contribution is 5.78. The molecule has 1 saturated carbocycles. The molecule has 0 radical (unpaired) electrons. The Balaban J connectivity index is 1.45. The summed E-state index contributed by atoms with van der Waals surface area (Å²) in [5, 5.41) is 5.04.